The van der Waals surface area contributed by atoms with E-state index >= 15 is 0 Å². The molecular weight excluding hydrogens is 224 g/mol. The van der Waals surface area contributed by atoms with Crippen LogP contribution in [-0.2, 0) is 4.79 Å². The predicted molar refractivity (Wildman–Crippen MR) is 72.1 cm³/mol. The Balaban J connectivity index is 1.63. The summed E-state index contributed by atoms with van der Waals surface area (Å²) in [5, 5.41) is 3.42. The second kappa shape index (κ2) is 5.04. The molecule has 2 aliphatic carbocycles. The van der Waals surface area contributed by atoms with Crippen LogP contribution in [0.4, 0.5) is 0 Å². The first kappa shape index (κ1) is 12.2. The predicted octanol–water partition coefficient (Wildman–Crippen LogP) is 1.80. The summed E-state index contributed by atoms with van der Waals surface area (Å²) in [5.41, 5.74) is 0. The molecule has 1 saturated carbocycles. The van der Waals surface area contributed by atoms with Crippen LogP contribution in [0.25, 0.3) is 0 Å². The largest absolute Gasteiger partial charge is 0.342 e. The van der Waals surface area contributed by atoms with Gasteiger partial charge in [0.05, 0.1) is 0 Å². The number of hydrogen-bond donors (Lipinski definition) is 1. The van der Waals surface area contributed by atoms with Gasteiger partial charge in [0.2, 0.25) is 5.91 Å². The van der Waals surface area contributed by atoms with Gasteiger partial charge in [0.1, 0.15) is 0 Å². The molecule has 1 heterocycles. The number of hydrogen-bond acceptors (Lipinski definition) is 2. The number of carbonyl (C=O) groups excluding carboxylic acids is 1. The number of rotatable bonds is 2. The molecule has 2 bridgehead atoms. The lowest BCUT2D eigenvalue weighted by Crippen LogP contribution is -2.42. The van der Waals surface area contributed by atoms with Crippen LogP contribution in [0.1, 0.15) is 32.1 Å². The topological polar surface area (TPSA) is 32.3 Å². The molecule has 4 unspecified atom stereocenters. The van der Waals surface area contributed by atoms with E-state index in [1.807, 2.05) is 7.05 Å². The standard InChI is InChI=1S/C15H24N2O/c1-17(13-3-2-7-16-8-6-13)15(18)14-10-11-4-5-12(14)9-11/h4-5,11-14,16H,2-3,6-10H2,1H3. The molecule has 3 rings (SSSR count). The third-order valence-electron chi connectivity index (χ3n) is 5.04. The Labute approximate surface area is 110 Å². The summed E-state index contributed by atoms with van der Waals surface area (Å²) in [7, 11) is 2.02. The van der Waals surface area contributed by atoms with E-state index in [-0.39, 0.29) is 5.92 Å². The maximum absolute atomic E-state index is 12.6. The first-order valence-electron chi connectivity index (χ1n) is 7.41. The van der Waals surface area contributed by atoms with Gasteiger partial charge in [0.15, 0.2) is 0 Å². The van der Waals surface area contributed by atoms with Crippen molar-refractivity contribution in [1.29, 1.82) is 0 Å². The van der Waals surface area contributed by atoms with Crippen molar-refractivity contribution in [1.82, 2.24) is 10.2 Å². The van der Waals surface area contributed by atoms with Crippen molar-refractivity contribution in [2.45, 2.75) is 38.1 Å². The number of allylic oxidation sites excluding steroid dienone is 2. The maximum atomic E-state index is 12.6. The molecular formula is C15H24N2O. The summed E-state index contributed by atoms with van der Waals surface area (Å²) in [5.74, 6) is 1.90. The van der Waals surface area contributed by atoms with Gasteiger partial charge in [-0.3, -0.25) is 4.79 Å². The Bertz CT molecular complexity index is 344. The van der Waals surface area contributed by atoms with Crippen LogP contribution >= 0.6 is 0 Å². The minimum atomic E-state index is 0.279. The highest BCUT2D eigenvalue weighted by Gasteiger charge is 2.41. The highest BCUT2D eigenvalue weighted by atomic mass is 16.2. The highest BCUT2D eigenvalue weighted by Crippen LogP contribution is 2.44. The van der Waals surface area contributed by atoms with Crippen LogP contribution in [0, 0.1) is 17.8 Å². The number of amides is 1. The fraction of sp³-hybridized carbons (Fsp3) is 0.800. The van der Waals surface area contributed by atoms with Gasteiger partial charge in [0, 0.05) is 19.0 Å². The molecule has 1 amide bonds. The zero-order chi connectivity index (χ0) is 12.5. The normalized spacial score (nSPS) is 38.7. The van der Waals surface area contributed by atoms with Crippen LogP contribution in [0.3, 0.4) is 0 Å². The maximum Gasteiger partial charge on any atom is 0.226 e. The van der Waals surface area contributed by atoms with Crippen molar-refractivity contribution in [2.24, 2.45) is 17.8 Å². The van der Waals surface area contributed by atoms with Crippen LogP contribution < -0.4 is 5.32 Å². The van der Waals surface area contributed by atoms with Crippen LogP contribution in [-0.4, -0.2) is 37.0 Å². The Hall–Kier alpha value is -0.830. The average Bonchev–Trinajstić information content (AvgIpc) is 2.91. The molecule has 3 heteroatoms. The quantitative estimate of drug-likeness (QED) is 0.756. The second-order valence-electron chi connectivity index (χ2n) is 6.17. The Kier molecular flexibility index (Phi) is 3.42. The Morgan fingerprint density at radius 1 is 1.22 bits per heavy atom. The van der Waals surface area contributed by atoms with E-state index in [0.717, 1.165) is 32.4 Å². The van der Waals surface area contributed by atoms with Crippen LogP contribution in [0.5, 0.6) is 0 Å². The lowest BCUT2D eigenvalue weighted by Gasteiger charge is -2.31. The number of carbonyl (C=O) groups is 1. The number of fused-ring (bicyclic) bond motifs is 2. The Morgan fingerprint density at radius 2 is 2.11 bits per heavy atom. The number of nitrogens with one attached hydrogen (secondary N) is 1. The van der Waals surface area contributed by atoms with Crippen molar-refractivity contribution >= 4 is 5.91 Å². The summed E-state index contributed by atoms with van der Waals surface area (Å²) in [6, 6.07) is 0.454. The van der Waals surface area contributed by atoms with Gasteiger partial charge in [-0.15, -0.1) is 0 Å². The molecule has 1 N–H and O–H groups in total. The molecule has 4 atom stereocenters. The van der Waals surface area contributed by atoms with Gasteiger partial charge in [-0.05, 0) is 57.0 Å². The lowest BCUT2D eigenvalue weighted by molar-refractivity contribution is -0.137. The molecule has 0 aromatic carbocycles. The molecule has 3 nitrogen and oxygen atoms in total. The molecule has 0 spiro atoms. The zero-order valence-electron chi connectivity index (χ0n) is 11.3. The van der Waals surface area contributed by atoms with Crippen molar-refractivity contribution in [2.75, 3.05) is 20.1 Å². The third kappa shape index (κ3) is 2.20. The molecule has 0 aromatic heterocycles. The van der Waals surface area contributed by atoms with Crippen molar-refractivity contribution in [3.05, 3.63) is 12.2 Å². The second-order valence-corrected chi connectivity index (χ2v) is 6.17. The summed E-state index contributed by atoms with van der Waals surface area (Å²) in [6.45, 7) is 2.16. The molecule has 0 radical (unpaired) electrons. The fourth-order valence-electron chi connectivity index (χ4n) is 3.89. The van der Waals surface area contributed by atoms with Gasteiger partial charge >= 0.3 is 0 Å². The average molecular weight is 248 g/mol. The lowest BCUT2D eigenvalue weighted by atomic mass is 9.91. The van der Waals surface area contributed by atoms with Crippen molar-refractivity contribution < 1.29 is 4.79 Å². The van der Waals surface area contributed by atoms with E-state index < -0.39 is 0 Å². The van der Waals surface area contributed by atoms with Crippen LogP contribution in [0.2, 0.25) is 0 Å². The van der Waals surface area contributed by atoms with Gasteiger partial charge in [-0.2, -0.15) is 0 Å². The van der Waals surface area contributed by atoms with Crippen molar-refractivity contribution in [3.63, 3.8) is 0 Å². The molecule has 1 saturated heterocycles. The Morgan fingerprint density at radius 3 is 2.83 bits per heavy atom. The summed E-state index contributed by atoms with van der Waals surface area (Å²) in [4.78, 5) is 14.7. The molecule has 0 aromatic rings. The zero-order valence-corrected chi connectivity index (χ0v) is 11.3. The first-order chi connectivity index (χ1) is 8.75. The summed E-state index contributed by atoms with van der Waals surface area (Å²) in [6.07, 6.45) is 10.4. The van der Waals surface area contributed by atoms with Gasteiger partial charge in [-0.25, -0.2) is 0 Å². The van der Waals surface area contributed by atoms with Gasteiger partial charge < -0.3 is 10.2 Å². The fourth-order valence-corrected chi connectivity index (χ4v) is 3.89. The number of nitrogens with zero attached hydrogens (tertiary/aromatic N) is 1. The van der Waals surface area contributed by atoms with E-state index in [4.69, 9.17) is 0 Å². The van der Waals surface area contributed by atoms with Gasteiger partial charge in [0.25, 0.3) is 0 Å². The SMILES string of the molecule is CN(C(=O)C1CC2C=CC1C2)C1CCCNCC1. The van der Waals surface area contributed by atoms with E-state index in [1.165, 1.54) is 12.8 Å². The third-order valence-corrected chi connectivity index (χ3v) is 5.04. The molecule has 100 valence electrons. The summed E-state index contributed by atoms with van der Waals surface area (Å²) >= 11 is 0. The van der Waals surface area contributed by atoms with E-state index in [9.17, 15) is 4.79 Å². The molecule has 2 fully saturated rings. The minimum absolute atomic E-state index is 0.279. The molecule has 3 aliphatic rings. The highest BCUT2D eigenvalue weighted by molar-refractivity contribution is 5.80. The smallest absolute Gasteiger partial charge is 0.226 e. The monoisotopic (exact) mass is 248 g/mol. The molecule has 18 heavy (non-hydrogen) atoms. The van der Waals surface area contributed by atoms with Gasteiger partial charge in [-0.1, -0.05) is 12.2 Å². The van der Waals surface area contributed by atoms with E-state index in [1.54, 1.807) is 0 Å². The first-order valence-corrected chi connectivity index (χ1v) is 7.41. The van der Waals surface area contributed by atoms with Crippen LogP contribution in [0.15, 0.2) is 12.2 Å². The molecule has 1 aliphatic heterocycles. The van der Waals surface area contributed by atoms with Crippen molar-refractivity contribution in [3.8, 4) is 0 Å². The van der Waals surface area contributed by atoms with E-state index in [2.05, 4.69) is 22.4 Å². The van der Waals surface area contributed by atoms with E-state index in [0.29, 0.717) is 23.8 Å². The summed E-state index contributed by atoms with van der Waals surface area (Å²) < 4.78 is 0. The minimum Gasteiger partial charge on any atom is -0.342 e.